The van der Waals surface area contributed by atoms with Crippen LogP contribution < -0.4 is 20.1 Å². The number of hydrogen-bond donors (Lipinski definition) is 3. The molecule has 3 N–H and O–H groups in total. The van der Waals surface area contributed by atoms with Gasteiger partial charge in [-0.25, -0.2) is 4.79 Å². The highest BCUT2D eigenvalue weighted by molar-refractivity contribution is 5.73. The van der Waals surface area contributed by atoms with Crippen molar-refractivity contribution in [3.8, 4) is 11.5 Å². The first-order chi connectivity index (χ1) is 13.8. The summed E-state index contributed by atoms with van der Waals surface area (Å²) >= 11 is 0. The molecule has 0 fully saturated rings. The molecule has 0 saturated heterocycles. The fraction of sp³-hybridized carbons (Fsp3) is 0.350. The van der Waals surface area contributed by atoms with Gasteiger partial charge in [-0.3, -0.25) is 0 Å². The number of alkyl halides is 3. The van der Waals surface area contributed by atoms with Crippen LogP contribution in [0.5, 0.6) is 11.5 Å². The van der Waals surface area contributed by atoms with Gasteiger partial charge in [0.25, 0.3) is 0 Å². The first kappa shape index (κ1) is 22.4. The van der Waals surface area contributed by atoms with Crippen LogP contribution in [0.25, 0.3) is 0 Å². The molecule has 0 aromatic heterocycles. The monoisotopic (exact) mass is 412 g/mol. The Balaban J connectivity index is 1.62. The fourth-order valence-electron chi connectivity index (χ4n) is 2.40. The van der Waals surface area contributed by atoms with E-state index in [4.69, 9.17) is 9.47 Å². The summed E-state index contributed by atoms with van der Waals surface area (Å²) in [6.45, 7) is 0.638. The predicted molar refractivity (Wildman–Crippen MR) is 101 cm³/mol. The van der Waals surface area contributed by atoms with Crippen molar-refractivity contribution < 1.29 is 32.5 Å². The van der Waals surface area contributed by atoms with Crippen LogP contribution >= 0.6 is 0 Å². The molecule has 1 atom stereocenters. The Morgan fingerprint density at radius 3 is 2.24 bits per heavy atom. The molecule has 9 heteroatoms. The second kappa shape index (κ2) is 10.6. The van der Waals surface area contributed by atoms with Gasteiger partial charge >= 0.3 is 12.2 Å². The van der Waals surface area contributed by atoms with Crippen LogP contribution in [0.3, 0.4) is 0 Å². The number of aliphatic hydroxyl groups excluding tert-OH is 1. The third-order valence-corrected chi connectivity index (χ3v) is 4.01. The van der Waals surface area contributed by atoms with Gasteiger partial charge in [-0.1, -0.05) is 12.1 Å². The van der Waals surface area contributed by atoms with Gasteiger partial charge in [0.1, 0.15) is 11.5 Å². The number of methoxy groups -OCH3 is 1. The molecule has 0 aliphatic carbocycles. The molecule has 2 aromatic rings. The van der Waals surface area contributed by atoms with E-state index in [1.165, 1.54) is 12.1 Å². The number of nitrogens with one attached hydrogen (secondary N) is 2. The van der Waals surface area contributed by atoms with E-state index in [0.717, 1.165) is 17.9 Å². The second-order valence-corrected chi connectivity index (χ2v) is 6.15. The number of urea groups is 1. The van der Waals surface area contributed by atoms with Gasteiger partial charge in [-0.15, -0.1) is 0 Å². The van der Waals surface area contributed by atoms with Gasteiger partial charge in [0.05, 0.1) is 25.4 Å². The number of carbonyl (C=O) groups excluding carboxylic acids is 1. The lowest BCUT2D eigenvalue weighted by atomic mass is 10.1. The van der Waals surface area contributed by atoms with E-state index in [9.17, 15) is 23.1 Å². The molecule has 2 amide bonds. The van der Waals surface area contributed by atoms with Crippen molar-refractivity contribution in [1.82, 2.24) is 10.6 Å². The van der Waals surface area contributed by atoms with Crippen LogP contribution in [-0.4, -0.2) is 37.9 Å². The standard InChI is InChI=1S/C20H23F3N2O4/c1-28-16-7-9-17(10-8-16)29-12-2-11-24-19(27)25-13-18(26)14-3-5-15(6-4-14)20(21,22)23/h3-10,18,26H,2,11-13H2,1H3,(H2,24,25,27). The molecule has 0 bridgehead atoms. The number of amides is 2. The summed E-state index contributed by atoms with van der Waals surface area (Å²) < 4.78 is 48.2. The van der Waals surface area contributed by atoms with Crippen molar-refractivity contribution in [2.45, 2.75) is 18.7 Å². The minimum atomic E-state index is -4.43. The molecular weight excluding hydrogens is 389 g/mol. The molecule has 0 aliphatic rings. The van der Waals surface area contributed by atoms with Crippen molar-refractivity contribution in [3.63, 3.8) is 0 Å². The molecule has 0 spiro atoms. The van der Waals surface area contributed by atoms with E-state index in [1.807, 2.05) is 0 Å². The maximum absolute atomic E-state index is 12.5. The second-order valence-electron chi connectivity index (χ2n) is 6.15. The molecule has 0 aliphatic heterocycles. The molecule has 2 aromatic carbocycles. The summed E-state index contributed by atoms with van der Waals surface area (Å²) in [7, 11) is 1.58. The maximum atomic E-state index is 12.5. The van der Waals surface area contributed by atoms with Gasteiger partial charge in [0.2, 0.25) is 0 Å². The summed E-state index contributed by atoms with van der Waals surface area (Å²) in [5.41, 5.74) is -0.512. The minimum absolute atomic E-state index is 0.125. The van der Waals surface area contributed by atoms with Crippen LogP contribution in [-0.2, 0) is 6.18 Å². The zero-order valence-electron chi connectivity index (χ0n) is 15.8. The molecule has 0 radical (unpaired) electrons. The highest BCUT2D eigenvalue weighted by Crippen LogP contribution is 2.29. The Morgan fingerprint density at radius 1 is 1.03 bits per heavy atom. The van der Waals surface area contributed by atoms with Crippen molar-refractivity contribution in [3.05, 3.63) is 59.7 Å². The Hall–Kier alpha value is -2.94. The largest absolute Gasteiger partial charge is 0.497 e. The van der Waals surface area contributed by atoms with E-state index >= 15 is 0 Å². The van der Waals surface area contributed by atoms with Gasteiger partial charge < -0.3 is 25.2 Å². The zero-order chi connectivity index (χ0) is 21.3. The lowest BCUT2D eigenvalue weighted by Gasteiger charge is -2.14. The zero-order valence-corrected chi connectivity index (χ0v) is 15.8. The minimum Gasteiger partial charge on any atom is -0.497 e. The van der Waals surface area contributed by atoms with Crippen molar-refractivity contribution in [2.24, 2.45) is 0 Å². The molecule has 1 unspecified atom stereocenters. The number of aliphatic hydroxyl groups is 1. The number of ether oxygens (including phenoxy) is 2. The van der Waals surface area contributed by atoms with Crippen LogP contribution in [0.2, 0.25) is 0 Å². The summed E-state index contributed by atoms with van der Waals surface area (Å²) in [5, 5.41) is 15.1. The third-order valence-electron chi connectivity index (χ3n) is 4.01. The van der Waals surface area contributed by atoms with Gasteiger partial charge in [-0.05, 0) is 48.4 Å². The number of benzene rings is 2. The molecule has 6 nitrogen and oxygen atoms in total. The number of rotatable bonds is 9. The number of hydrogen-bond acceptors (Lipinski definition) is 4. The average molecular weight is 412 g/mol. The first-order valence-electron chi connectivity index (χ1n) is 8.93. The van der Waals surface area contributed by atoms with Gasteiger partial charge in [0, 0.05) is 13.1 Å². The fourth-order valence-corrected chi connectivity index (χ4v) is 2.40. The summed E-state index contributed by atoms with van der Waals surface area (Å²) in [6.07, 6.45) is -4.97. The lowest BCUT2D eigenvalue weighted by molar-refractivity contribution is -0.137. The van der Waals surface area contributed by atoms with Crippen molar-refractivity contribution >= 4 is 6.03 Å². The smallest absolute Gasteiger partial charge is 0.416 e. The number of carbonyl (C=O) groups is 1. The molecule has 0 saturated carbocycles. The average Bonchev–Trinajstić information content (AvgIpc) is 2.71. The molecule has 2 rings (SSSR count). The van der Waals surface area contributed by atoms with Gasteiger partial charge in [-0.2, -0.15) is 13.2 Å². The van der Waals surface area contributed by atoms with Crippen molar-refractivity contribution in [1.29, 1.82) is 0 Å². The predicted octanol–water partition coefficient (Wildman–Crippen LogP) is 3.52. The highest BCUT2D eigenvalue weighted by Gasteiger charge is 2.30. The molecule has 158 valence electrons. The Bertz CT molecular complexity index is 765. The van der Waals surface area contributed by atoms with Crippen molar-refractivity contribution in [2.75, 3.05) is 26.8 Å². The quantitative estimate of drug-likeness (QED) is 0.551. The van der Waals surface area contributed by atoms with E-state index in [-0.39, 0.29) is 12.1 Å². The topological polar surface area (TPSA) is 79.8 Å². The van der Waals surface area contributed by atoms with E-state index in [0.29, 0.717) is 25.3 Å². The first-order valence-corrected chi connectivity index (χ1v) is 8.93. The third kappa shape index (κ3) is 7.53. The lowest BCUT2D eigenvalue weighted by Crippen LogP contribution is -2.38. The summed E-state index contributed by atoms with van der Waals surface area (Å²) in [4.78, 5) is 11.7. The van der Waals surface area contributed by atoms with Crippen LogP contribution in [0.15, 0.2) is 48.5 Å². The van der Waals surface area contributed by atoms with Crippen LogP contribution in [0.1, 0.15) is 23.7 Å². The normalized spacial score (nSPS) is 12.2. The van der Waals surface area contributed by atoms with Crippen LogP contribution in [0, 0.1) is 0 Å². The van der Waals surface area contributed by atoms with Gasteiger partial charge in [0.15, 0.2) is 0 Å². The summed E-state index contributed by atoms with van der Waals surface area (Å²) in [6, 6.07) is 10.8. The van der Waals surface area contributed by atoms with E-state index in [2.05, 4.69) is 10.6 Å². The molecule has 29 heavy (non-hydrogen) atoms. The summed E-state index contributed by atoms with van der Waals surface area (Å²) in [5.74, 6) is 1.42. The number of halogens is 3. The Morgan fingerprint density at radius 2 is 1.66 bits per heavy atom. The maximum Gasteiger partial charge on any atom is 0.416 e. The van der Waals surface area contributed by atoms with E-state index < -0.39 is 23.9 Å². The van der Waals surface area contributed by atoms with Crippen LogP contribution in [0.4, 0.5) is 18.0 Å². The van der Waals surface area contributed by atoms with E-state index in [1.54, 1.807) is 31.4 Å². The molecular formula is C20H23F3N2O4. The molecule has 0 heterocycles. The highest BCUT2D eigenvalue weighted by atomic mass is 19.4. The SMILES string of the molecule is COc1ccc(OCCCNC(=O)NCC(O)c2ccc(C(F)(F)F)cc2)cc1. The Kier molecular flexibility index (Phi) is 8.14. The Labute approximate surface area is 166 Å².